The molecule has 6 heteroatoms. The van der Waals surface area contributed by atoms with Gasteiger partial charge in [0.25, 0.3) is 0 Å². The lowest BCUT2D eigenvalue weighted by molar-refractivity contribution is 0.127. The molecule has 2 aromatic rings. The van der Waals surface area contributed by atoms with Gasteiger partial charge in [0.15, 0.2) is 0 Å². The molecule has 2 heterocycles. The second kappa shape index (κ2) is 6.81. The number of aryl methyl sites for hydroxylation is 1. The smallest absolute Gasteiger partial charge is 0.317 e. The third-order valence-electron chi connectivity index (χ3n) is 4.73. The van der Waals surface area contributed by atoms with Crippen molar-refractivity contribution in [1.29, 1.82) is 0 Å². The summed E-state index contributed by atoms with van der Waals surface area (Å²) in [7, 11) is 0. The predicted molar refractivity (Wildman–Crippen MR) is 89.2 cm³/mol. The minimum Gasteiger partial charge on any atom is -0.459 e. The summed E-state index contributed by atoms with van der Waals surface area (Å²) in [5.74, 6) is 0.480. The van der Waals surface area contributed by atoms with Crippen molar-refractivity contribution in [2.45, 2.75) is 32.7 Å². The van der Waals surface area contributed by atoms with Crippen LogP contribution in [0, 0.1) is 18.7 Å². The molecule has 0 aliphatic carbocycles. The fraction of sp³-hybridized carbons (Fsp3) is 0.500. The summed E-state index contributed by atoms with van der Waals surface area (Å²) >= 11 is 0. The molecule has 2 N–H and O–H groups in total. The second-order valence-corrected chi connectivity index (χ2v) is 6.54. The molecule has 1 aromatic heterocycles. The van der Waals surface area contributed by atoms with Crippen LogP contribution in [0.5, 0.6) is 0 Å². The number of aliphatic hydroxyl groups is 1. The number of carbonyl (C=O) groups is 1. The number of fused-ring (bicyclic) bond motifs is 1. The Balaban J connectivity index is 1.73. The molecule has 3 rings (SSSR count). The molecule has 2 amide bonds. The maximum Gasteiger partial charge on any atom is 0.317 e. The Morgan fingerprint density at radius 3 is 3.08 bits per heavy atom. The summed E-state index contributed by atoms with van der Waals surface area (Å²) in [5, 5.41) is 13.0. The molecular weight excluding hydrogens is 311 g/mol. The lowest BCUT2D eigenvalue weighted by atomic mass is 9.99. The minimum absolute atomic E-state index is 0.105. The van der Waals surface area contributed by atoms with Crippen LogP contribution in [0.25, 0.3) is 11.0 Å². The third kappa shape index (κ3) is 3.24. The molecule has 24 heavy (non-hydrogen) atoms. The number of carbonyl (C=O) groups excluding carboxylic acids is 1. The lowest BCUT2D eigenvalue weighted by Gasteiger charge is -2.32. The summed E-state index contributed by atoms with van der Waals surface area (Å²) in [4.78, 5) is 14.2. The Morgan fingerprint density at radius 2 is 2.33 bits per heavy atom. The summed E-state index contributed by atoms with van der Waals surface area (Å²) in [5.41, 5.74) is 1.45. The standard InChI is InChI=1S/C18H23FN2O3/c1-11-15-8-14(19)5-6-16(15)24-17(11)12(2)20-18(23)21-7-3-4-13(9-21)10-22/h5-6,8,12-13,22H,3-4,7,9-10H2,1-2H3,(H,20,23)/t12-,13+/m0/s1. The average molecular weight is 334 g/mol. The summed E-state index contributed by atoms with van der Waals surface area (Å²) in [6, 6.07) is 3.94. The van der Waals surface area contributed by atoms with Crippen LogP contribution in [0.4, 0.5) is 9.18 Å². The van der Waals surface area contributed by atoms with Crippen molar-refractivity contribution in [3.8, 4) is 0 Å². The van der Waals surface area contributed by atoms with Crippen molar-refractivity contribution in [3.05, 3.63) is 35.3 Å². The molecule has 0 spiro atoms. The molecule has 1 aromatic carbocycles. The zero-order valence-corrected chi connectivity index (χ0v) is 14.0. The molecule has 0 saturated carbocycles. The molecule has 0 radical (unpaired) electrons. The Hall–Kier alpha value is -2.08. The first-order valence-electron chi connectivity index (χ1n) is 8.34. The van der Waals surface area contributed by atoms with Gasteiger partial charge in [-0.1, -0.05) is 0 Å². The SMILES string of the molecule is Cc1c([C@H](C)NC(=O)N2CCC[C@@H](CO)C2)oc2ccc(F)cc12. The van der Waals surface area contributed by atoms with Gasteiger partial charge in [0.05, 0.1) is 6.04 Å². The third-order valence-corrected chi connectivity index (χ3v) is 4.73. The van der Waals surface area contributed by atoms with Gasteiger partial charge >= 0.3 is 6.03 Å². The van der Waals surface area contributed by atoms with Gasteiger partial charge in [-0.05, 0) is 50.8 Å². The number of nitrogens with one attached hydrogen (secondary N) is 1. The molecule has 1 saturated heterocycles. The first kappa shape index (κ1) is 16.8. The summed E-state index contributed by atoms with van der Waals surface area (Å²) < 4.78 is 19.2. The van der Waals surface area contributed by atoms with Gasteiger partial charge in [-0.15, -0.1) is 0 Å². The predicted octanol–water partition coefficient (Wildman–Crippen LogP) is 3.36. The van der Waals surface area contributed by atoms with Crippen LogP contribution in [0.2, 0.25) is 0 Å². The number of rotatable bonds is 3. The number of amides is 2. The maximum absolute atomic E-state index is 13.4. The number of hydrogen-bond acceptors (Lipinski definition) is 3. The Morgan fingerprint density at radius 1 is 1.54 bits per heavy atom. The van der Waals surface area contributed by atoms with E-state index >= 15 is 0 Å². The van der Waals surface area contributed by atoms with Gasteiger partial charge in [0, 0.05) is 30.6 Å². The maximum atomic E-state index is 13.4. The Bertz CT molecular complexity index is 743. The number of halogens is 1. The molecule has 5 nitrogen and oxygen atoms in total. The van der Waals surface area contributed by atoms with Crippen LogP contribution < -0.4 is 5.32 Å². The molecule has 0 unspecified atom stereocenters. The highest BCUT2D eigenvalue weighted by molar-refractivity contribution is 5.82. The van der Waals surface area contributed by atoms with Crippen LogP contribution in [-0.2, 0) is 0 Å². The van der Waals surface area contributed by atoms with Crippen molar-refractivity contribution in [2.75, 3.05) is 19.7 Å². The van der Waals surface area contributed by atoms with Crippen molar-refractivity contribution in [1.82, 2.24) is 10.2 Å². The van der Waals surface area contributed by atoms with Crippen LogP contribution in [0.3, 0.4) is 0 Å². The van der Waals surface area contributed by atoms with E-state index in [2.05, 4.69) is 5.32 Å². The van der Waals surface area contributed by atoms with Crippen molar-refractivity contribution in [2.24, 2.45) is 5.92 Å². The largest absolute Gasteiger partial charge is 0.459 e. The van der Waals surface area contributed by atoms with E-state index < -0.39 is 0 Å². The van der Waals surface area contributed by atoms with Gasteiger partial charge in [-0.25, -0.2) is 9.18 Å². The molecule has 0 bridgehead atoms. The van der Waals surface area contributed by atoms with E-state index in [9.17, 15) is 14.3 Å². The fourth-order valence-electron chi connectivity index (χ4n) is 3.37. The second-order valence-electron chi connectivity index (χ2n) is 6.54. The number of urea groups is 1. The first-order chi connectivity index (χ1) is 11.5. The van der Waals surface area contributed by atoms with Crippen LogP contribution in [-0.4, -0.2) is 35.7 Å². The Labute approximate surface area is 140 Å². The zero-order valence-electron chi connectivity index (χ0n) is 14.0. The highest BCUT2D eigenvalue weighted by Gasteiger charge is 2.25. The van der Waals surface area contributed by atoms with E-state index in [0.29, 0.717) is 24.4 Å². The van der Waals surface area contributed by atoms with Gasteiger partial charge < -0.3 is 19.7 Å². The number of nitrogens with zero attached hydrogens (tertiary/aromatic N) is 1. The molecule has 1 fully saturated rings. The van der Waals surface area contributed by atoms with E-state index in [0.717, 1.165) is 23.8 Å². The summed E-state index contributed by atoms with van der Waals surface area (Å²) in [6.45, 7) is 5.09. The molecule has 1 aliphatic heterocycles. The number of benzene rings is 1. The van der Waals surface area contributed by atoms with Crippen molar-refractivity contribution >= 4 is 17.0 Å². The highest BCUT2D eigenvalue weighted by atomic mass is 19.1. The van der Waals surface area contributed by atoms with Crippen LogP contribution >= 0.6 is 0 Å². The monoisotopic (exact) mass is 334 g/mol. The van der Waals surface area contributed by atoms with E-state index in [1.54, 1.807) is 11.0 Å². The lowest BCUT2D eigenvalue weighted by Crippen LogP contribution is -2.46. The van der Waals surface area contributed by atoms with Gasteiger partial charge in [-0.2, -0.15) is 0 Å². The van der Waals surface area contributed by atoms with Gasteiger partial charge in [0.2, 0.25) is 0 Å². The number of hydrogen-bond donors (Lipinski definition) is 2. The van der Waals surface area contributed by atoms with Crippen LogP contribution in [0.1, 0.15) is 37.1 Å². The topological polar surface area (TPSA) is 65.7 Å². The number of aliphatic hydroxyl groups excluding tert-OH is 1. The molecule has 130 valence electrons. The zero-order chi connectivity index (χ0) is 17.3. The molecular formula is C18H23FN2O3. The van der Waals surface area contributed by atoms with E-state index in [1.165, 1.54) is 12.1 Å². The number of furan rings is 1. The van der Waals surface area contributed by atoms with Gasteiger partial charge in [-0.3, -0.25) is 0 Å². The van der Waals surface area contributed by atoms with E-state index in [4.69, 9.17) is 4.42 Å². The molecule has 2 atom stereocenters. The minimum atomic E-state index is -0.317. The van der Waals surface area contributed by atoms with Crippen molar-refractivity contribution in [3.63, 3.8) is 0 Å². The average Bonchev–Trinajstić information content (AvgIpc) is 2.91. The Kier molecular flexibility index (Phi) is 4.76. The van der Waals surface area contributed by atoms with Crippen LogP contribution in [0.15, 0.2) is 22.6 Å². The first-order valence-corrected chi connectivity index (χ1v) is 8.34. The van der Waals surface area contributed by atoms with Crippen molar-refractivity contribution < 1.29 is 18.7 Å². The number of piperidine rings is 1. The van der Waals surface area contributed by atoms with E-state index in [1.807, 2.05) is 13.8 Å². The van der Waals surface area contributed by atoms with Gasteiger partial charge in [0.1, 0.15) is 17.2 Å². The normalized spacial score (nSPS) is 19.5. The quantitative estimate of drug-likeness (QED) is 0.904. The highest BCUT2D eigenvalue weighted by Crippen LogP contribution is 2.30. The van der Waals surface area contributed by atoms with E-state index in [-0.39, 0.29) is 30.4 Å². The number of likely N-dealkylation sites (tertiary alicyclic amines) is 1. The fourth-order valence-corrected chi connectivity index (χ4v) is 3.37. The molecule has 1 aliphatic rings. The summed E-state index contributed by atoms with van der Waals surface area (Å²) in [6.07, 6.45) is 1.85.